The van der Waals surface area contributed by atoms with Crippen LogP contribution in [0, 0.1) is 0 Å². The number of halogens is 3. The highest BCUT2D eigenvalue weighted by atomic mass is 79.9. The van der Waals surface area contributed by atoms with Gasteiger partial charge in [0, 0.05) is 18.7 Å². The molecule has 0 saturated carbocycles. The van der Waals surface area contributed by atoms with Crippen LogP contribution in [0.1, 0.15) is 10.5 Å². The molecule has 3 rings (SSSR count). The quantitative estimate of drug-likeness (QED) is 0.544. The maximum absolute atomic E-state index is 12.7. The van der Waals surface area contributed by atoms with Gasteiger partial charge in [0.2, 0.25) is 0 Å². The number of methoxy groups -OCH3 is 1. The molecule has 0 spiro atoms. The van der Waals surface area contributed by atoms with E-state index < -0.39 is 15.9 Å². The molecule has 2 aromatic carbocycles. The van der Waals surface area contributed by atoms with Gasteiger partial charge >= 0.3 is 0 Å². The van der Waals surface area contributed by atoms with Gasteiger partial charge in [-0.1, -0.05) is 35.3 Å². The molecule has 152 valence electrons. The van der Waals surface area contributed by atoms with Gasteiger partial charge < -0.3 is 9.30 Å². The number of carbonyl (C=O) groups is 1. The van der Waals surface area contributed by atoms with Crippen molar-refractivity contribution in [2.24, 2.45) is 7.05 Å². The summed E-state index contributed by atoms with van der Waals surface area (Å²) in [5.41, 5.74) is 0.472. The van der Waals surface area contributed by atoms with Crippen molar-refractivity contribution >= 4 is 55.1 Å². The Bertz CT molecular complexity index is 1210. The van der Waals surface area contributed by atoms with Gasteiger partial charge in [-0.2, -0.15) is 0 Å². The van der Waals surface area contributed by atoms with E-state index in [4.69, 9.17) is 27.9 Å². The molecule has 0 unspecified atom stereocenters. The minimum atomic E-state index is -4.27. The summed E-state index contributed by atoms with van der Waals surface area (Å²) in [6, 6.07) is 11.1. The highest BCUT2D eigenvalue weighted by Gasteiger charge is 2.27. The van der Waals surface area contributed by atoms with Crippen LogP contribution >= 0.6 is 39.1 Å². The van der Waals surface area contributed by atoms with Crippen molar-refractivity contribution in [1.29, 1.82) is 0 Å². The number of rotatable bonds is 5. The first-order valence-electron chi connectivity index (χ1n) is 8.03. The highest BCUT2D eigenvalue weighted by molar-refractivity contribution is 9.10. The molecule has 0 aliphatic carbocycles. The van der Waals surface area contributed by atoms with Crippen molar-refractivity contribution in [3.05, 3.63) is 62.8 Å². The number of aromatic nitrogens is 2. The lowest BCUT2D eigenvalue weighted by molar-refractivity contribution is 0.0976. The summed E-state index contributed by atoms with van der Waals surface area (Å²) in [5.74, 6) is -0.253. The van der Waals surface area contributed by atoms with Crippen LogP contribution in [-0.4, -0.2) is 31.0 Å². The highest BCUT2D eigenvalue weighted by Crippen LogP contribution is 2.31. The van der Waals surface area contributed by atoms with E-state index in [1.807, 2.05) is 4.72 Å². The van der Waals surface area contributed by atoms with E-state index >= 15 is 0 Å². The fourth-order valence-electron chi connectivity index (χ4n) is 2.55. The second-order valence-electron chi connectivity index (χ2n) is 5.84. The van der Waals surface area contributed by atoms with Gasteiger partial charge in [-0.05, 0) is 40.2 Å². The third-order valence-electron chi connectivity index (χ3n) is 4.01. The van der Waals surface area contributed by atoms with E-state index in [0.29, 0.717) is 16.4 Å². The van der Waals surface area contributed by atoms with E-state index in [0.717, 1.165) is 0 Å². The Morgan fingerprint density at radius 3 is 2.52 bits per heavy atom. The first-order chi connectivity index (χ1) is 13.7. The number of hydrogen-bond acceptors (Lipinski definition) is 5. The molecule has 0 atom stereocenters. The smallest absolute Gasteiger partial charge is 0.286 e. The molecule has 1 amide bonds. The molecule has 7 nitrogen and oxygen atoms in total. The molecule has 1 N–H and O–H groups in total. The number of sulfonamides is 1. The van der Waals surface area contributed by atoms with Crippen LogP contribution in [0.15, 0.2) is 52.0 Å². The van der Waals surface area contributed by atoms with Crippen molar-refractivity contribution in [3.8, 4) is 17.1 Å². The maximum atomic E-state index is 12.7. The molecular weight excluding hydrogens is 505 g/mol. The van der Waals surface area contributed by atoms with Crippen molar-refractivity contribution in [2.75, 3.05) is 7.11 Å². The summed E-state index contributed by atoms with van der Waals surface area (Å²) in [6.45, 7) is 0. The molecule has 29 heavy (non-hydrogen) atoms. The van der Waals surface area contributed by atoms with Crippen molar-refractivity contribution in [1.82, 2.24) is 14.3 Å². The van der Waals surface area contributed by atoms with Crippen LogP contribution < -0.4 is 9.46 Å². The van der Waals surface area contributed by atoms with Crippen molar-refractivity contribution in [3.63, 3.8) is 0 Å². The number of benzene rings is 2. The molecule has 11 heteroatoms. The van der Waals surface area contributed by atoms with Crippen LogP contribution in [0.25, 0.3) is 11.4 Å². The Kier molecular flexibility index (Phi) is 6.23. The topological polar surface area (TPSA) is 90.3 Å². The van der Waals surface area contributed by atoms with Crippen molar-refractivity contribution < 1.29 is 17.9 Å². The second-order valence-corrected chi connectivity index (χ2v) is 9.06. The zero-order chi connectivity index (χ0) is 21.3. The summed E-state index contributed by atoms with van der Waals surface area (Å²) in [7, 11) is -1.22. The minimum Gasteiger partial charge on any atom is -0.497 e. The van der Waals surface area contributed by atoms with E-state index in [1.165, 1.54) is 25.3 Å². The lowest BCUT2D eigenvalue weighted by atomic mass is 10.2. The van der Waals surface area contributed by atoms with Gasteiger partial charge in [-0.25, -0.2) is 18.1 Å². The maximum Gasteiger partial charge on any atom is 0.286 e. The first kappa shape index (κ1) is 21.6. The number of nitrogens with one attached hydrogen (secondary N) is 1. The number of nitrogens with zero attached hydrogens (tertiary/aromatic N) is 2. The number of ether oxygens (including phenoxy) is 1. The number of hydrogen-bond donors (Lipinski definition) is 1. The van der Waals surface area contributed by atoms with E-state index in [-0.39, 0.29) is 26.0 Å². The zero-order valence-corrected chi connectivity index (χ0v) is 19.0. The Hall–Kier alpha value is -2.07. The van der Waals surface area contributed by atoms with Crippen molar-refractivity contribution in [2.45, 2.75) is 4.90 Å². The fourth-order valence-corrected chi connectivity index (χ4v) is 4.67. The molecule has 0 radical (unpaired) electrons. The molecule has 1 heterocycles. The minimum absolute atomic E-state index is 0.0528. The lowest BCUT2D eigenvalue weighted by Gasteiger charge is -2.09. The average molecular weight is 519 g/mol. The second kappa shape index (κ2) is 8.35. The monoisotopic (exact) mass is 517 g/mol. The largest absolute Gasteiger partial charge is 0.497 e. The van der Waals surface area contributed by atoms with Gasteiger partial charge in [0.1, 0.15) is 21.1 Å². The molecule has 3 aromatic rings. The molecule has 1 aromatic heterocycles. The summed E-state index contributed by atoms with van der Waals surface area (Å²) in [6.07, 6.45) is 0. The third-order valence-corrected chi connectivity index (χ3v) is 7.06. The lowest BCUT2D eigenvalue weighted by Crippen LogP contribution is -2.31. The molecule has 0 aliphatic heterocycles. The predicted molar refractivity (Wildman–Crippen MR) is 114 cm³/mol. The fraction of sp³-hybridized carbons (Fsp3) is 0.111. The van der Waals surface area contributed by atoms with Gasteiger partial charge in [-0.3, -0.25) is 4.79 Å². The standard InChI is InChI=1S/C18H14BrCl2N3O4S/c1-24-16(19)15(22-17(24)11-5-3-4-6-12(11)20)18(25)23-29(26,27)14-9-10(28-2)7-8-13(14)21/h3-9H,1-2H3,(H,23,25). The van der Waals surface area contributed by atoms with Gasteiger partial charge in [-0.15, -0.1) is 0 Å². The predicted octanol–water partition coefficient (Wildman–Crippen LogP) is 4.28. The first-order valence-corrected chi connectivity index (χ1v) is 11.1. The van der Waals surface area contributed by atoms with E-state index in [2.05, 4.69) is 20.9 Å². The third kappa shape index (κ3) is 4.28. The average Bonchev–Trinajstić information content (AvgIpc) is 2.97. The van der Waals surface area contributed by atoms with Crippen LogP contribution in [0.2, 0.25) is 10.0 Å². The van der Waals surface area contributed by atoms with Gasteiger partial charge in [0.15, 0.2) is 5.69 Å². The molecule has 0 aliphatic rings. The molecular formula is C18H14BrCl2N3O4S. The molecule has 0 saturated heterocycles. The summed E-state index contributed by atoms with van der Waals surface area (Å²) >= 11 is 15.5. The Balaban J connectivity index is 1.98. The molecule has 0 fully saturated rings. The van der Waals surface area contributed by atoms with E-state index in [1.54, 1.807) is 35.9 Å². The van der Waals surface area contributed by atoms with Crippen LogP contribution in [-0.2, 0) is 17.1 Å². The van der Waals surface area contributed by atoms with Gasteiger partial charge in [0.05, 0.1) is 17.2 Å². The Morgan fingerprint density at radius 2 is 1.86 bits per heavy atom. The summed E-state index contributed by atoms with van der Waals surface area (Å²) in [5, 5.41) is 0.388. The number of carbonyl (C=O) groups excluding carboxylic acids is 1. The van der Waals surface area contributed by atoms with E-state index in [9.17, 15) is 13.2 Å². The summed E-state index contributed by atoms with van der Waals surface area (Å²) in [4.78, 5) is 16.7. The summed E-state index contributed by atoms with van der Waals surface area (Å²) < 4.78 is 34.3. The number of imidazole rings is 1. The normalized spacial score (nSPS) is 11.3. The SMILES string of the molecule is COc1ccc(Cl)c(S(=O)(=O)NC(=O)c2nc(-c3ccccc3Cl)n(C)c2Br)c1. The van der Waals surface area contributed by atoms with Crippen LogP contribution in [0.4, 0.5) is 0 Å². The zero-order valence-electron chi connectivity index (χ0n) is 15.1. The van der Waals surface area contributed by atoms with Gasteiger partial charge in [0.25, 0.3) is 15.9 Å². The Labute approximate surface area is 185 Å². The molecule has 0 bridgehead atoms. The van der Waals surface area contributed by atoms with Crippen LogP contribution in [0.3, 0.4) is 0 Å². The van der Waals surface area contributed by atoms with Crippen LogP contribution in [0.5, 0.6) is 5.75 Å². The number of amides is 1. The Morgan fingerprint density at radius 1 is 1.17 bits per heavy atom.